The number of methoxy groups -OCH3 is 1. The number of ether oxygens (including phenoxy) is 1. The van der Waals surface area contributed by atoms with Crippen molar-refractivity contribution in [2.24, 2.45) is 0 Å². The summed E-state index contributed by atoms with van der Waals surface area (Å²) in [6.07, 6.45) is 4.54. The van der Waals surface area contributed by atoms with E-state index in [0.29, 0.717) is 43.8 Å². The quantitative estimate of drug-likeness (QED) is 0.330. The molecule has 1 unspecified atom stereocenters. The molecule has 2 aromatic carbocycles. The molecule has 0 heterocycles. The number of nitrogens with zero attached hydrogens (tertiary/aromatic N) is 2. The minimum Gasteiger partial charge on any atom is -0.495 e. The van der Waals surface area contributed by atoms with Crippen LogP contribution in [-0.4, -0.2) is 64.2 Å². The molecule has 2 rings (SSSR count). The SMILES string of the molecule is CCCCNC(=O)C(CC)N(CCc1ccccc1)C(=O)CCCN(c1ccccc1OC)S(C)(=O)=O. The molecular weight excluding hydrogens is 490 g/mol. The molecule has 9 heteroatoms. The fourth-order valence-electron chi connectivity index (χ4n) is 4.22. The van der Waals surface area contributed by atoms with Crippen LogP contribution in [0.4, 0.5) is 5.69 Å². The van der Waals surface area contributed by atoms with Gasteiger partial charge in [0.15, 0.2) is 0 Å². The van der Waals surface area contributed by atoms with E-state index < -0.39 is 16.1 Å². The van der Waals surface area contributed by atoms with Gasteiger partial charge in [-0.05, 0) is 43.4 Å². The van der Waals surface area contributed by atoms with Crippen LogP contribution in [0.15, 0.2) is 54.6 Å². The maximum absolute atomic E-state index is 13.4. The number of hydrogen-bond acceptors (Lipinski definition) is 5. The van der Waals surface area contributed by atoms with Gasteiger partial charge in [0.25, 0.3) is 0 Å². The zero-order chi connectivity index (χ0) is 27.3. The fourth-order valence-corrected chi connectivity index (χ4v) is 5.19. The molecule has 0 aliphatic carbocycles. The summed E-state index contributed by atoms with van der Waals surface area (Å²) >= 11 is 0. The van der Waals surface area contributed by atoms with E-state index in [1.807, 2.05) is 37.3 Å². The number of hydrogen-bond donors (Lipinski definition) is 1. The molecule has 1 atom stereocenters. The number of para-hydroxylation sites is 2. The van der Waals surface area contributed by atoms with Crippen molar-refractivity contribution in [2.75, 3.05) is 37.3 Å². The lowest BCUT2D eigenvalue weighted by Crippen LogP contribution is -2.50. The zero-order valence-corrected chi connectivity index (χ0v) is 23.3. The topological polar surface area (TPSA) is 96.0 Å². The third kappa shape index (κ3) is 9.39. The highest BCUT2D eigenvalue weighted by molar-refractivity contribution is 7.92. The van der Waals surface area contributed by atoms with Crippen LogP contribution in [0.5, 0.6) is 5.75 Å². The van der Waals surface area contributed by atoms with Gasteiger partial charge >= 0.3 is 0 Å². The summed E-state index contributed by atoms with van der Waals surface area (Å²) < 4.78 is 31.7. The number of carbonyl (C=O) groups excluding carboxylic acids is 2. The standard InChI is InChI=1S/C28H41N3O5S/c1-5-7-20-29-28(33)24(6-2)30(22-19-23-14-9-8-10-15-23)27(32)18-13-21-31(37(4,34)35)25-16-11-12-17-26(25)36-3/h8-12,14-17,24H,5-7,13,18-22H2,1-4H3,(H,29,33). The summed E-state index contributed by atoms with van der Waals surface area (Å²) in [6, 6.07) is 16.2. The third-order valence-electron chi connectivity index (χ3n) is 6.21. The Morgan fingerprint density at radius 1 is 0.973 bits per heavy atom. The first-order chi connectivity index (χ1) is 17.7. The van der Waals surface area contributed by atoms with Gasteiger partial charge in [0.2, 0.25) is 21.8 Å². The molecule has 8 nitrogen and oxygen atoms in total. The highest BCUT2D eigenvalue weighted by Crippen LogP contribution is 2.29. The number of rotatable bonds is 16. The average molecular weight is 532 g/mol. The van der Waals surface area contributed by atoms with E-state index in [1.165, 1.54) is 11.4 Å². The predicted molar refractivity (Wildman–Crippen MR) is 148 cm³/mol. The van der Waals surface area contributed by atoms with Crippen LogP contribution < -0.4 is 14.4 Å². The molecule has 204 valence electrons. The Hall–Kier alpha value is -3.07. The molecule has 0 aliphatic rings. The monoisotopic (exact) mass is 531 g/mol. The van der Waals surface area contributed by atoms with E-state index in [2.05, 4.69) is 12.2 Å². The van der Waals surface area contributed by atoms with Crippen molar-refractivity contribution in [3.63, 3.8) is 0 Å². The second-order valence-electron chi connectivity index (χ2n) is 9.00. The van der Waals surface area contributed by atoms with Crippen molar-refractivity contribution < 1.29 is 22.7 Å². The van der Waals surface area contributed by atoms with Gasteiger partial charge in [-0.1, -0.05) is 62.7 Å². The Labute approximate surface area is 222 Å². The van der Waals surface area contributed by atoms with E-state index in [1.54, 1.807) is 29.2 Å². The second-order valence-corrected chi connectivity index (χ2v) is 10.9. The van der Waals surface area contributed by atoms with Crippen molar-refractivity contribution in [2.45, 2.75) is 58.4 Å². The molecule has 0 radical (unpaired) electrons. The summed E-state index contributed by atoms with van der Waals surface area (Å²) in [5, 5.41) is 2.96. The van der Waals surface area contributed by atoms with Gasteiger partial charge in [0.1, 0.15) is 11.8 Å². The van der Waals surface area contributed by atoms with Crippen molar-refractivity contribution in [1.82, 2.24) is 10.2 Å². The highest BCUT2D eigenvalue weighted by Gasteiger charge is 2.28. The predicted octanol–water partition coefficient (Wildman–Crippen LogP) is 4.01. The Morgan fingerprint density at radius 3 is 2.27 bits per heavy atom. The molecule has 2 amide bonds. The van der Waals surface area contributed by atoms with E-state index in [9.17, 15) is 18.0 Å². The number of benzene rings is 2. The molecule has 0 aromatic heterocycles. The summed E-state index contributed by atoms with van der Waals surface area (Å²) in [4.78, 5) is 28.1. The summed E-state index contributed by atoms with van der Waals surface area (Å²) in [5.41, 5.74) is 1.52. The molecule has 0 spiro atoms. The Bertz CT molecular complexity index is 1090. The lowest BCUT2D eigenvalue weighted by atomic mass is 10.1. The van der Waals surface area contributed by atoms with Crippen LogP contribution in [0.1, 0.15) is 51.5 Å². The lowest BCUT2D eigenvalue weighted by Gasteiger charge is -2.31. The smallest absolute Gasteiger partial charge is 0.242 e. The Kier molecular flexibility index (Phi) is 12.4. The van der Waals surface area contributed by atoms with Crippen LogP contribution >= 0.6 is 0 Å². The lowest BCUT2D eigenvalue weighted by molar-refractivity contribution is -0.140. The first kappa shape index (κ1) is 30.2. The number of carbonyl (C=O) groups is 2. The molecular formula is C28H41N3O5S. The van der Waals surface area contributed by atoms with Crippen LogP contribution in [-0.2, 0) is 26.0 Å². The van der Waals surface area contributed by atoms with Crippen molar-refractivity contribution >= 4 is 27.5 Å². The summed E-state index contributed by atoms with van der Waals surface area (Å²) in [7, 11) is -2.11. The normalized spacial score (nSPS) is 12.0. The molecule has 2 aromatic rings. The van der Waals surface area contributed by atoms with Gasteiger partial charge in [-0.3, -0.25) is 13.9 Å². The summed E-state index contributed by atoms with van der Waals surface area (Å²) in [6.45, 7) is 5.07. The third-order valence-corrected chi connectivity index (χ3v) is 7.39. The van der Waals surface area contributed by atoms with Gasteiger partial charge in [-0.2, -0.15) is 0 Å². The molecule has 0 bridgehead atoms. The fraction of sp³-hybridized carbons (Fsp3) is 0.500. The molecule has 1 N–H and O–H groups in total. The zero-order valence-electron chi connectivity index (χ0n) is 22.5. The maximum atomic E-state index is 13.4. The van der Waals surface area contributed by atoms with Gasteiger partial charge in [0.05, 0.1) is 19.1 Å². The van der Waals surface area contributed by atoms with E-state index in [0.717, 1.165) is 24.7 Å². The number of unbranched alkanes of at least 4 members (excludes halogenated alkanes) is 1. The van der Waals surface area contributed by atoms with Crippen LogP contribution in [0.3, 0.4) is 0 Å². The van der Waals surface area contributed by atoms with Crippen molar-refractivity contribution in [3.05, 3.63) is 60.2 Å². The highest BCUT2D eigenvalue weighted by atomic mass is 32.2. The van der Waals surface area contributed by atoms with E-state index in [-0.39, 0.29) is 24.8 Å². The van der Waals surface area contributed by atoms with E-state index in [4.69, 9.17) is 4.74 Å². The van der Waals surface area contributed by atoms with Crippen LogP contribution in [0.2, 0.25) is 0 Å². The van der Waals surface area contributed by atoms with Gasteiger partial charge < -0.3 is 15.0 Å². The molecule has 0 saturated carbocycles. The number of sulfonamides is 1. The maximum Gasteiger partial charge on any atom is 0.242 e. The first-order valence-corrected chi connectivity index (χ1v) is 14.8. The number of amides is 2. The minimum atomic E-state index is -3.60. The van der Waals surface area contributed by atoms with Crippen LogP contribution in [0, 0.1) is 0 Å². The van der Waals surface area contributed by atoms with E-state index >= 15 is 0 Å². The second kappa shape index (κ2) is 15.2. The molecule has 0 fully saturated rings. The van der Waals surface area contributed by atoms with Crippen molar-refractivity contribution in [3.8, 4) is 5.75 Å². The number of nitrogens with one attached hydrogen (secondary N) is 1. The average Bonchev–Trinajstić information content (AvgIpc) is 2.88. The molecule has 0 saturated heterocycles. The molecule has 37 heavy (non-hydrogen) atoms. The molecule has 0 aliphatic heterocycles. The Balaban J connectivity index is 2.16. The van der Waals surface area contributed by atoms with Crippen LogP contribution in [0.25, 0.3) is 0 Å². The minimum absolute atomic E-state index is 0.120. The number of anilines is 1. The Morgan fingerprint density at radius 2 is 1.65 bits per heavy atom. The van der Waals surface area contributed by atoms with Gasteiger partial charge in [-0.25, -0.2) is 8.42 Å². The van der Waals surface area contributed by atoms with Crippen molar-refractivity contribution in [1.29, 1.82) is 0 Å². The summed E-state index contributed by atoms with van der Waals surface area (Å²) in [5.74, 6) is 0.129. The largest absolute Gasteiger partial charge is 0.495 e. The first-order valence-electron chi connectivity index (χ1n) is 12.9. The van der Waals surface area contributed by atoms with Gasteiger partial charge in [0, 0.05) is 26.1 Å². The van der Waals surface area contributed by atoms with Gasteiger partial charge in [-0.15, -0.1) is 0 Å².